The van der Waals surface area contributed by atoms with Gasteiger partial charge in [-0.3, -0.25) is 0 Å². The first-order chi connectivity index (χ1) is 8.17. The lowest BCUT2D eigenvalue weighted by atomic mass is 10.2. The number of anilines is 1. The molecular formula is C12H12N4O. The van der Waals surface area contributed by atoms with Gasteiger partial charge >= 0.3 is 0 Å². The number of nitrogens with zero attached hydrogens (tertiary/aromatic N) is 3. The molecule has 1 aromatic heterocycles. The van der Waals surface area contributed by atoms with E-state index in [1.165, 1.54) is 0 Å². The predicted octanol–water partition coefficient (Wildman–Crippen LogP) is 1.55. The van der Waals surface area contributed by atoms with Gasteiger partial charge < -0.3 is 15.0 Å². The van der Waals surface area contributed by atoms with Crippen molar-refractivity contribution in [2.24, 2.45) is 7.05 Å². The molecule has 0 fully saturated rings. The Labute approximate surface area is 99.1 Å². The van der Waals surface area contributed by atoms with E-state index in [4.69, 9.17) is 15.7 Å². The van der Waals surface area contributed by atoms with Crippen molar-refractivity contribution in [1.82, 2.24) is 9.55 Å². The van der Waals surface area contributed by atoms with Crippen LogP contribution in [-0.4, -0.2) is 16.7 Å². The van der Waals surface area contributed by atoms with Crippen molar-refractivity contribution in [3.63, 3.8) is 0 Å². The number of hydrogen-bond acceptors (Lipinski definition) is 4. The summed E-state index contributed by atoms with van der Waals surface area (Å²) in [6.07, 6.45) is 0. The van der Waals surface area contributed by atoms with Crippen LogP contribution in [0.4, 0.5) is 5.82 Å². The minimum Gasteiger partial charge on any atom is -0.497 e. The zero-order valence-corrected chi connectivity index (χ0v) is 9.64. The van der Waals surface area contributed by atoms with Gasteiger partial charge in [-0.25, -0.2) is 4.98 Å². The van der Waals surface area contributed by atoms with Crippen LogP contribution >= 0.6 is 0 Å². The van der Waals surface area contributed by atoms with Crippen LogP contribution in [0.1, 0.15) is 5.69 Å². The number of benzene rings is 1. The average molecular weight is 228 g/mol. The minimum atomic E-state index is 0.248. The molecule has 0 saturated heterocycles. The molecule has 1 aromatic carbocycles. The lowest BCUT2D eigenvalue weighted by Crippen LogP contribution is -1.98. The largest absolute Gasteiger partial charge is 0.497 e. The Kier molecular flexibility index (Phi) is 2.71. The summed E-state index contributed by atoms with van der Waals surface area (Å²) >= 11 is 0. The summed E-state index contributed by atoms with van der Waals surface area (Å²) in [5.74, 6) is 1.82. The SMILES string of the molecule is COc1ccc(-c2nc(C#N)c(N)n2C)cc1. The van der Waals surface area contributed by atoms with Gasteiger partial charge in [0.05, 0.1) is 7.11 Å². The van der Waals surface area contributed by atoms with Crippen LogP contribution in [-0.2, 0) is 7.05 Å². The standard InChI is InChI=1S/C12H12N4O/c1-16-11(14)10(7-13)15-12(16)8-3-5-9(17-2)6-4-8/h3-6H,14H2,1-2H3. The fraction of sp³-hybridized carbons (Fsp3) is 0.167. The molecule has 5 heteroatoms. The number of nitrogens with two attached hydrogens (primary N) is 1. The van der Waals surface area contributed by atoms with Crippen molar-refractivity contribution in [3.05, 3.63) is 30.0 Å². The van der Waals surface area contributed by atoms with E-state index in [0.29, 0.717) is 11.6 Å². The zero-order valence-electron chi connectivity index (χ0n) is 9.64. The maximum atomic E-state index is 8.86. The molecule has 1 heterocycles. The first-order valence-electron chi connectivity index (χ1n) is 5.04. The van der Waals surface area contributed by atoms with Gasteiger partial charge in [-0.05, 0) is 24.3 Å². The van der Waals surface area contributed by atoms with Crippen molar-refractivity contribution < 1.29 is 4.74 Å². The number of ether oxygens (including phenoxy) is 1. The number of hydrogen-bond donors (Lipinski definition) is 1. The Balaban J connectivity index is 2.50. The van der Waals surface area contributed by atoms with Gasteiger partial charge in [0.2, 0.25) is 0 Å². The normalized spacial score (nSPS) is 9.94. The van der Waals surface area contributed by atoms with E-state index in [9.17, 15) is 0 Å². The highest BCUT2D eigenvalue weighted by Gasteiger charge is 2.12. The third-order valence-corrected chi connectivity index (χ3v) is 2.59. The Hall–Kier alpha value is -2.48. The molecule has 2 aromatic rings. The molecule has 0 radical (unpaired) electrons. The van der Waals surface area contributed by atoms with Gasteiger partial charge in [0, 0.05) is 12.6 Å². The lowest BCUT2D eigenvalue weighted by Gasteiger charge is -2.04. The summed E-state index contributed by atoms with van der Waals surface area (Å²) in [6.45, 7) is 0. The molecule has 0 amide bonds. The van der Waals surface area contributed by atoms with Crippen LogP contribution in [0.2, 0.25) is 0 Å². The van der Waals surface area contributed by atoms with Crippen molar-refractivity contribution in [2.75, 3.05) is 12.8 Å². The molecule has 2 N–H and O–H groups in total. The van der Waals surface area contributed by atoms with E-state index in [0.717, 1.165) is 11.3 Å². The number of nitriles is 1. The molecule has 5 nitrogen and oxygen atoms in total. The number of aromatic nitrogens is 2. The second-order valence-corrected chi connectivity index (χ2v) is 3.57. The monoisotopic (exact) mass is 228 g/mol. The first kappa shape index (κ1) is 11.0. The highest BCUT2D eigenvalue weighted by molar-refractivity contribution is 5.63. The van der Waals surface area contributed by atoms with Crippen LogP contribution in [0.25, 0.3) is 11.4 Å². The maximum Gasteiger partial charge on any atom is 0.183 e. The van der Waals surface area contributed by atoms with Crippen molar-refractivity contribution >= 4 is 5.82 Å². The zero-order chi connectivity index (χ0) is 12.4. The van der Waals surface area contributed by atoms with Crippen LogP contribution in [0.15, 0.2) is 24.3 Å². The topological polar surface area (TPSA) is 76.9 Å². The van der Waals surface area contributed by atoms with Crippen molar-refractivity contribution in [2.45, 2.75) is 0 Å². The molecule has 17 heavy (non-hydrogen) atoms. The molecule has 0 atom stereocenters. The Bertz CT molecular complexity index is 578. The van der Waals surface area contributed by atoms with Gasteiger partial charge in [0.15, 0.2) is 5.69 Å². The molecule has 0 unspecified atom stereocenters. The fourth-order valence-electron chi connectivity index (χ4n) is 1.59. The second kappa shape index (κ2) is 4.18. The van der Waals surface area contributed by atoms with Crippen LogP contribution < -0.4 is 10.5 Å². The van der Waals surface area contributed by atoms with E-state index in [1.807, 2.05) is 30.3 Å². The van der Waals surface area contributed by atoms with E-state index in [1.54, 1.807) is 18.7 Å². The number of methoxy groups -OCH3 is 1. The van der Waals surface area contributed by atoms with E-state index >= 15 is 0 Å². The third kappa shape index (κ3) is 1.81. The van der Waals surface area contributed by atoms with Crippen LogP contribution in [0.5, 0.6) is 5.75 Å². The van der Waals surface area contributed by atoms with Gasteiger partial charge in [-0.2, -0.15) is 5.26 Å². The summed E-state index contributed by atoms with van der Waals surface area (Å²) in [7, 11) is 3.39. The summed E-state index contributed by atoms with van der Waals surface area (Å²) in [5.41, 5.74) is 6.90. The fourth-order valence-corrected chi connectivity index (χ4v) is 1.59. The summed E-state index contributed by atoms with van der Waals surface area (Å²) in [5, 5.41) is 8.86. The van der Waals surface area contributed by atoms with Crippen molar-refractivity contribution in [1.29, 1.82) is 5.26 Å². The number of rotatable bonds is 2. The molecule has 2 rings (SSSR count). The van der Waals surface area contributed by atoms with Gasteiger partial charge in [-0.15, -0.1) is 0 Å². The molecule has 0 aliphatic rings. The van der Waals surface area contributed by atoms with Gasteiger partial charge in [0.25, 0.3) is 0 Å². The molecule has 0 saturated carbocycles. The van der Waals surface area contributed by atoms with Crippen LogP contribution in [0, 0.1) is 11.3 Å². The third-order valence-electron chi connectivity index (χ3n) is 2.59. The van der Waals surface area contributed by atoms with E-state index in [-0.39, 0.29) is 5.69 Å². The van der Waals surface area contributed by atoms with Crippen LogP contribution in [0.3, 0.4) is 0 Å². The summed E-state index contributed by atoms with van der Waals surface area (Å²) in [4.78, 5) is 4.19. The Morgan fingerprint density at radius 1 is 1.35 bits per heavy atom. The van der Waals surface area contributed by atoms with Gasteiger partial charge in [0.1, 0.15) is 23.5 Å². The molecule has 0 spiro atoms. The molecular weight excluding hydrogens is 216 g/mol. The molecule has 0 aliphatic carbocycles. The minimum absolute atomic E-state index is 0.248. The molecule has 0 aliphatic heterocycles. The second-order valence-electron chi connectivity index (χ2n) is 3.57. The Morgan fingerprint density at radius 2 is 2.00 bits per heavy atom. The smallest absolute Gasteiger partial charge is 0.183 e. The molecule has 86 valence electrons. The predicted molar refractivity (Wildman–Crippen MR) is 64.3 cm³/mol. The highest BCUT2D eigenvalue weighted by atomic mass is 16.5. The summed E-state index contributed by atoms with van der Waals surface area (Å²) in [6, 6.07) is 9.40. The average Bonchev–Trinajstić information content (AvgIpc) is 2.66. The number of imidazole rings is 1. The summed E-state index contributed by atoms with van der Waals surface area (Å²) < 4.78 is 6.78. The lowest BCUT2D eigenvalue weighted by molar-refractivity contribution is 0.415. The van der Waals surface area contributed by atoms with Gasteiger partial charge in [-0.1, -0.05) is 0 Å². The van der Waals surface area contributed by atoms with E-state index < -0.39 is 0 Å². The highest BCUT2D eigenvalue weighted by Crippen LogP contribution is 2.24. The maximum absolute atomic E-state index is 8.86. The number of nitrogen functional groups attached to an aromatic ring is 1. The molecule has 0 bridgehead atoms. The van der Waals surface area contributed by atoms with E-state index in [2.05, 4.69) is 4.98 Å². The quantitative estimate of drug-likeness (QED) is 0.846. The Morgan fingerprint density at radius 3 is 2.47 bits per heavy atom. The first-order valence-corrected chi connectivity index (χ1v) is 5.04. The van der Waals surface area contributed by atoms with Crippen molar-refractivity contribution in [3.8, 4) is 23.2 Å².